The quantitative estimate of drug-likeness (QED) is 0.487. The molecule has 112 valence electrons. The van der Waals surface area contributed by atoms with Gasteiger partial charge >= 0.3 is 21.6 Å². The van der Waals surface area contributed by atoms with Crippen LogP contribution in [0.4, 0.5) is 13.2 Å². The summed E-state index contributed by atoms with van der Waals surface area (Å²) in [5, 5.41) is 0. The monoisotopic (exact) mass is 312 g/mol. The summed E-state index contributed by atoms with van der Waals surface area (Å²) in [6.07, 6.45) is 0. The Kier molecular flexibility index (Phi) is 4.33. The highest BCUT2D eigenvalue weighted by Crippen LogP contribution is 2.30. The van der Waals surface area contributed by atoms with Crippen LogP contribution >= 0.6 is 0 Å². The first-order chi connectivity index (χ1) is 8.99. The van der Waals surface area contributed by atoms with Crippen molar-refractivity contribution in [3.05, 3.63) is 28.8 Å². The van der Waals surface area contributed by atoms with Gasteiger partial charge in [-0.25, -0.2) is 4.79 Å². The number of carbonyl (C=O) groups excluding carboxylic acids is 1. The number of alkyl halides is 3. The summed E-state index contributed by atoms with van der Waals surface area (Å²) < 4.78 is 67.1. The Morgan fingerprint density at radius 1 is 1.15 bits per heavy atom. The Hall–Kier alpha value is -1.77. The molecular weight excluding hydrogens is 301 g/mol. The van der Waals surface area contributed by atoms with E-state index in [0.29, 0.717) is 0 Å². The number of aryl methyl sites for hydroxylation is 2. The van der Waals surface area contributed by atoms with Crippen LogP contribution in [0.2, 0.25) is 0 Å². The van der Waals surface area contributed by atoms with Gasteiger partial charge in [0.1, 0.15) is 5.75 Å². The van der Waals surface area contributed by atoms with Crippen molar-refractivity contribution >= 4 is 16.1 Å². The Morgan fingerprint density at radius 3 is 2.15 bits per heavy atom. The first kappa shape index (κ1) is 16.3. The minimum atomic E-state index is -5.74. The van der Waals surface area contributed by atoms with Gasteiger partial charge in [-0.05, 0) is 37.1 Å². The molecule has 0 bridgehead atoms. The largest absolute Gasteiger partial charge is 0.534 e. The third kappa shape index (κ3) is 3.21. The second-order valence-electron chi connectivity index (χ2n) is 3.91. The molecule has 0 aliphatic carbocycles. The van der Waals surface area contributed by atoms with Gasteiger partial charge in [-0.1, -0.05) is 0 Å². The number of halogens is 3. The van der Waals surface area contributed by atoms with E-state index in [1.165, 1.54) is 19.9 Å². The minimum absolute atomic E-state index is 0.0591. The zero-order valence-corrected chi connectivity index (χ0v) is 11.6. The molecule has 0 aliphatic rings. The lowest BCUT2D eigenvalue weighted by molar-refractivity contribution is -0.0500. The zero-order valence-electron chi connectivity index (χ0n) is 10.7. The van der Waals surface area contributed by atoms with E-state index in [2.05, 4.69) is 8.92 Å². The fraction of sp³-hybridized carbons (Fsp3) is 0.364. The third-order valence-corrected chi connectivity index (χ3v) is 3.38. The molecule has 0 fully saturated rings. The van der Waals surface area contributed by atoms with E-state index in [1.54, 1.807) is 0 Å². The van der Waals surface area contributed by atoms with Crippen LogP contribution in [0.1, 0.15) is 21.5 Å². The SMILES string of the molecule is COC(=O)c1cc(C)c(OS(=O)(=O)C(F)(F)F)cc1C. The minimum Gasteiger partial charge on any atom is -0.465 e. The second-order valence-corrected chi connectivity index (χ2v) is 5.45. The number of benzene rings is 1. The summed E-state index contributed by atoms with van der Waals surface area (Å²) in [5.41, 5.74) is -5.12. The summed E-state index contributed by atoms with van der Waals surface area (Å²) in [6, 6.07) is 2.23. The van der Waals surface area contributed by atoms with Crippen molar-refractivity contribution in [1.29, 1.82) is 0 Å². The molecule has 0 N–H and O–H groups in total. The van der Waals surface area contributed by atoms with Gasteiger partial charge in [0, 0.05) is 0 Å². The lowest BCUT2D eigenvalue weighted by atomic mass is 10.0. The molecule has 0 radical (unpaired) electrons. The van der Waals surface area contributed by atoms with Crippen LogP contribution in [0, 0.1) is 13.8 Å². The molecule has 1 aromatic carbocycles. The summed E-state index contributed by atoms with van der Waals surface area (Å²) in [5.74, 6) is -1.18. The maximum Gasteiger partial charge on any atom is 0.534 e. The second kappa shape index (κ2) is 5.31. The van der Waals surface area contributed by atoms with Crippen LogP contribution in [0.5, 0.6) is 5.75 Å². The van der Waals surface area contributed by atoms with Gasteiger partial charge in [0.25, 0.3) is 0 Å². The van der Waals surface area contributed by atoms with Crippen molar-refractivity contribution in [3.63, 3.8) is 0 Å². The van der Waals surface area contributed by atoms with Crippen LogP contribution in [-0.2, 0) is 14.9 Å². The van der Waals surface area contributed by atoms with Crippen molar-refractivity contribution in [1.82, 2.24) is 0 Å². The van der Waals surface area contributed by atoms with E-state index in [9.17, 15) is 26.4 Å². The smallest absolute Gasteiger partial charge is 0.465 e. The molecule has 0 spiro atoms. The fourth-order valence-corrected chi connectivity index (χ4v) is 1.89. The summed E-state index contributed by atoms with van der Waals surface area (Å²) in [4.78, 5) is 11.4. The summed E-state index contributed by atoms with van der Waals surface area (Å²) >= 11 is 0. The van der Waals surface area contributed by atoms with Gasteiger partial charge in [-0.2, -0.15) is 21.6 Å². The number of carbonyl (C=O) groups is 1. The van der Waals surface area contributed by atoms with E-state index in [0.717, 1.165) is 13.2 Å². The molecule has 0 amide bonds. The maximum absolute atomic E-state index is 12.2. The van der Waals surface area contributed by atoms with Crippen LogP contribution < -0.4 is 4.18 Å². The molecule has 0 aromatic heterocycles. The van der Waals surface area contributed by atoms with Gasteiger partial charge in [-0.3, -0.25) is 0 Å². The number of hydrogen-bond acceptors (Lipinski definition) is 5. The van der Waals surface area contributed by atoms with Crippen molar-refractivity contribution in [2.45, 2.75) is 19.4 Å². The molecule has 0 saturated heterocycles. The highest BCUT2D eigenvalue weighted by atomic mass is 32.2. The third-order valence-electron chi connectivity index (χ3n) is 2.41. The Morgan fingerprint density at radius 2 is 1.70 bits per heavy atom. The van der Waals surface area contributed by atoms with Crippen molar-refractivity contribution in [3.8, 4) is 5.75 Å². The average molecular weight is 312 g/mol. The standard InChI is InChI=1S/C11H11F3O5S/c1-6-5-9(19-20(16,17)11(12,13)14)7(2)4-8(6)10(15)18-3/h4-5H,1-3H3. The Bertz CT molecular complexity index is 634. The van der Waals surface area contributed by atoms with Crippen molar-refractivity contribution < 1.29 is 35.3 Å². The molecule has 1 rings (SSSR count). The zero-order chi connectivity index (χ0) is 15.7. The predicted octanol–water partition coefficient (Wildman–Crippen LogP) is 2.32. The van der Waals surface area contributed by atoms with E-state index in [-0.39, 0.29) is 16.7 Å². The lowest BCUT2D eigenvalue weighted by Gasteiger charge is -2.13. The first-order valence-corrected chi connectivity index (χ1v) is 6.60. The number of ether oxygens (including phenoxy) is 1. The number of rotatable bonds is 3. The van der Waals surface area contributed by atoms with Gasteiger partial charge in [-0.15, -0.1) is 0 Å². The topological polar surface area (TPSA) is 69.7 Å². The van der Waals surface area contributed by atoms with E-state index < -0.39 is 27.3 Å². The van der Waals surface area contributed by atoms with Crippen LogP contribution in [-0.4, -0.2) is 27.0 Å². The number of esters is 1. The molecule has 0 atom stereocenters. The number of hydrogen-bond donors (Lipinski definition) is 0. The molecule has 5 nitrogen and oxygen atoms in total. The molecule has 1 aromatic rings. The van der Waals surface area contributed by atoms with E-state index in [1.807, 2.05) is 0 Å². The fourth-order valence-electron chi connectivity index (χ4n) is 1.37. The van der Waals surface area contributed by atoms with Gasteiger partial charge in [0.2, 0.25) is 0 Å². The molecule has 0 saturated carbocycles. The average Bonchev–Trinajstić information content (AvgIpc) is 2.30. The maximum atomic E-state index is 12.2. The molecule has 0 heterocycles. The highest BCUT2D eigenvalue weighted by molar-refractivity contribution is 7.88. The van der Waals surface area contributed by atoms with Gasteiger partial charge < -0.3 is 8.92 Å². The van der Waals surface area contributed by atoms with Gasteiger partial charge in [0.05, 0.1) is 12.7 Å². The van der Waals surface area contributed by atoms with Crippen LogP contribution in [0.15, 0.2) is 12.1 Å². The normalized spacial score (nSPS) is 12.1. The Labute approximate surface area is 113 Å². The molecule has 9 heteroatoms. The van der Waals surface area contributed by atoms with Gasteiger partial charge in [0.15, 0.2) is 0 Å². The molecule has 0 unspecified atom stereocenters. The first-order valence-electron chi connectivity index (χ1n) is 5.20. The lowest BCUT2D eigenvalue weighted by Crippen LogP contribution is -2.28. The van der Waals surface area contributed by atoms with Crippen molar-refractivity contribution in [2.24, 2.45) is 0 Å². The van der Waals surface area contributed by atoms with E-state index >= 15 is 0 Å². The molecular formula is C11H11F3O5S. The van der Waals surface area contributed by atoms with Crippen molar-refractivity contribution in [2.75, 3.05) is 7.11 Å². The summed E-state index contributed by atoms with van der Waals surface area (Å²) in [6.45, 7) is 2.73. The van der Waals surface area contributed by atoms with E-state index in [4.69, 9.17) is 0 Å². The highest BCUT2D eigenvalue weighted by Gasteiger charge is 2.48. The molecule has 20 heavy (non-hydrogen) atoms. The van der Waals surface area contributed by atoms with Crippen LogP contribution in [0.3, 0.4) is 0 Å². The predicted molar refractivity (Wildman–Crippen MR) is 62.9 cm³/mol. The number of methoxy groups -OCH3 is 1. The van der Waals surface area contributed by atoms with Crippen LogP contribution in [0.25, 0.3) is 0 Å². The molecule has 0 aliphatic heterocycles. The summed E-state index contributed by atoms with van der Waals surface area (Å²) in [7, 11) is -4.60. The Balaban J connectivity index is 3.24.